The van der Waals surface area contributed by atoms with Crippen LogP contribution in [0.15, 0.2) is 17.0 Å². The minimum absolute atomic E-state index is 0.111. The average molecular weight is 319 g/mol. The molecule has 0 amide bonds. The Kier molecular flexibility index (Phi) is 5.46. The Morgan fingerprint density at radius 3 is 2.20 bits per heavy atom. The third kappa shape index (κ3) is 3.65. The molecule has 0 bridgehead atoms. The highest BCUT2D eigenvalue weighted by atomic mass is 35.5. The van der Waals surface area contributed by atoms with Crippen LogP contribution >= 0.6 is 11.6 Å². The van der Waals surface area contributed by atoms with Crippen molar-refractivity contribution >= 4 is 27.3 Å². The molecule has 0 aromatic heterocycles. The predicted molar refractivity (Wildman–Crippen MR) is 84.5 cm³/mol. The monoisotopic (exact) mass is 318 g/mol. The Balaban J connectivity index is 3.33. The van der Waals surface area contributed by atoms with Crippen LogP contribution in [0.25, 0.3) is 0 Å². The topological polar surface area (TPSA) is 63.4 Å². The van der Waals surface area contributed by atoms with Gasteiger partial charge in [0.2, 0.25) is 10.0 Å². The van der Waals surface area contributed by atoms with Gasteiger partial charge in [-0.05, 0) is 44.4 Å². The van der Waals surface area contributed by atoms with Crippen LogP contribution < -0.4 is 5.73 Å². The van der Waals surface area contributed by atoms with Crippen LogP contribution in [0.2, 0.25) is 5.02 Å². The molecule has 0 saturated heterocycles. The van der Waals surface area contributed by atoms with Crippen LogP contribution in [0.5, 0.6) is 0 Å². The highest BCUT2D eigenvalue weighted by molar-refractivity contribution is 7.89. The zero-order chi connectivity index (χ0) is 15.7. The van der Waals surface area contributed by atoms with E-state index >= 15 is 0 Å². The SMILES string of the molecule is Cc1cc(S(=O)(=O)N(CC(C)C)C(C)C)cc(N)c1Cl. The summed E-state index contributed by atoms with van der Waals surface area (Å²) in [6, 6.07) is 2.89. The number of anilines is 1. The van der Waals surface area contributed by atoms with Crippen LogP contribution in [0, 0.1) is 12.8 Å². The van der Waals surface area contributed by atoms with Gasteiger partial charge in [-0.3, -0.25) is 0 Å². The Bertz CT molecular complexity index is 560. The van der Waals surface area contributed by atoms with Gasteiger partial charge in [-0.15, -0.1) is 0 Å². The van der Waals surface area contributed by atoms with E-state index in [9.17, 15) is 8.42 Å². The van der Waals surface area contributed by atoms with Crippen molar-refractivity contribution in [1.82, 2.24) is 4.31 Å². The first-order valence-electron chi connectivity index (χ1n) is 6.64. The van der Waals surface area contributed by atoms with E-state index in [1.165, 1.54) is 10.4 Å². The molecule has 0 radical (unpaired) electrons. The van der Waals surface area contributed by atoms with Gasteiger partial charge in [0.25, 0.3) is 0 Å². The van der Waals surface area contributed by atoms with E-state index in [-0.39, 0.29) is 16.9 Å². The van der Waals surface area contributed by atoms with Gasteiger partial charge >= 0.3 is 0 Å². The normalized spacial score (nSPS) is 12.7. The number of halogens is 1. The maximum absolute atomic E-state index is 12.8. The van der Waals surface area contributed by atoms with Crippen LogP contribution in [-0.2, 0) is 10.0 Å². The maximum Gasteiger partial charge on any atom is 0.243 e. The number of rotatable bonds is 5. The van der Waals surface area contributed by atoms with Crippen molar-refractivity contribution in [1.29, 1.82) is 0 Å². The van der Waals surface area contributed by atoms with Crippen molar-refractivity contribution in [2.75, 3.05) is 12.3 Å². The number of benzene rings is 1. The van der Waals surface area contributed by atoms with Gasteiger partial charge < -0.3 is 5.73 Å². The molecule has 0 heterocycles. The number of hydrogen-bond donors (Lipinski definition) is 1. The molecule has 0 atom stereocenters. The van der Waals surface area contributed by atoms with Gasteiger partial charge in [-0.2, -0.15) is 4.31 Å². The molecule has 20 heavy (non-hydrogen) atoms. The highest BCUT2D eigenvalue weighted by Crippen LogP contribution is 2.29. The summed E-state index contributed by atoms with van der Waals surface area (Å²) in [5, 5.41) is 0.406. The van der Waals surface area contributed by atoms with Gasteiger partial charge in [0.05, 0.1) is 15.6 Å². The molecule has 0 aliphatic carbocycles. The van der Waals surface area contributed by atoms with Crippen LogP contribution in [-0.4, -0.2) is 25.3 Å². The van der Waals surface area contributed by atoms with E-state index in [4.69, 9.17) is 17.3 Å². The number of nitrogens with zero attached hydrogens (tertiary/aromatic N) is 1. The van der Waals surface area contributed by atoms with E-state index in [2.05, 4.69) is 0 Å². The molecular formula is C14H23ClN2O2S. The fourth-order valence-corrected chi connectivity index (χ4v) is 4.02. The molecular weight excluding hydrogens is 296 g/mol. The first-order valence-corrected chi connectivity index (χ1v) is 8.46. The molecule has 6 heteroatoms. The summed E-state index contributed by atoms with van der Waals surface area (Å²) in [6.45, 7) is 9.94. The second-order valence-electron chi connectivity index (χ2n) is 5.71. The van der Waals surface area contributed by atoms with Crippen molar-refractivity contribution in [3.05, 3.63) is 22.7 Å². The smallest absolute Gasteiger partial charge is 0.243 e. The lowest BCUT2D eigenvalue weighted by atomic mass is 10.2. The molecule has 0 aliphatic heterocycles. The molecule has 0 saturated carbocycles. The Hall–Kier alpha value is -0.780. The van der Waals surface area contributed by atoms with Crippen LogP contribution in [0.1, 0.15) is 33.3 Å². The van der Waals surface area contributed by atoms with Gasteiger partial charge in [0.1, 0.15) is 0 Å². The molecule has 0 aliphatic rings. The van der Waals surface area contributed by atoms with Crippen molar-refractivity contribution in [3.8, 4) is 0 Å². The second kappa shape index (κ2) is 6.33. The minimum atomic E-state index is -3.56. The standard InChI is InChI=1S/C14H23ClN2O2S/c1-9(2)8-17(10(3)4)20(18,19)12-6-11(5)14(15)13(16)7-12/h6-7,9-10H,8,16H2,1-5H3. The first-order chi connectivity index (χ1) is 9.07. The number of sulfonamides is 1. The van der Waals surface area contributed by atoms with E-state index in [0.29, 0.717) is 22.8 Å². The molecule has 2 N–H and O–H groups in total. The molecule has 0 spiro atoms. The largest absolute Gasteiger partial charge is 0.397 e. The summed E-state index contributed by atoms with van der Waals surface area (Å²) < 4.78 is 27.0. The fourth-order valence-electron chi connectivity index (χ4n) is 1.99. The minimum Gasteiger partial charge on any atom is -0.397 e. The van der Waals surface area contributed by atoms with E-state index in [0.717, 1.165) is 0 Å². The Morgan fingerprint density at radius 2 is 1.80 bits per heavy atom. The third-order valence-corrected chi connectivity index (χ3v) is 5.52. The lowest BCUT2D eigenvalue weighted by Gasteiger charge is -2.28. The molecule has 4 nitrogen and oxygen atoms in total. The van der Waals surface area contributed by atoms with Crippen LogP contribution in [0.3, 0.4) is 0 Å². The van der Waals surface area contributed by atoms with E-state index < -0.39 is 10.0 Å². The number of nitrogen functional groups attached to an aromatic ring is 1. The molecule has 1 rings (SSSR count). The summed E-state index contributed by atoms with van der Waals surface area (Å²) in [4.78, 5) is 0.200. The van der Waals surface area contributed by atoms with Crippen LogP contribution in [0.4, 0.5) is 5.69 Å². The number of nitrogens with two attached hydrogens (primary N) is 1. The summed E-state index contributed by atoms with van der Waals surface area (Å²) in [5.41, 5.74) is 6.74. The first kappa shape index (κ1) is 17.3. The molecule has 0 unspecified atom stereocenters. The molecule has 1 aromatic rings. The molecule has 1 aromatic carbocycles. The Labute approximate surface area is 127 Å². The van der Waals surface area contributed by atoms with Gasteiger partial charge in [-0.1, -0.05) is 25.4 Å². The van der Waals surface area contributed by atoms with Crippen molar-refractivity contribution in [2.24, 2.45) is 5.92 Å². The zero-order valence-corrected chi connectivity index (χ0v) is 14.2. The predicted octanol–water partition coefficient (Wildman–Crippen LogP) is 3.29. The van der Waals surface area contributed by atoms with E-state index in [1.807, 2.05) is 27.7 Å². The fraction of sp³-hybridized carbons (Fsp3) is 0.571. The van der Waals surface area contributed by atoms with Gasteiger partial charge in [-0.25, -0.2) is 8.42 Å². The highest BCUT2D eigenvalue weighted by Gasteiger charge is 2.28. The summed E-state index contributed by atoms with van der Waals surface area (Å²) in [6.07, 6.45) is 0. The molecule has 114 valence electrons. The van der Waals surface area contributed by atoms with Gasteiger partial charge in [0.15, 0.2) is 0 Å². The number of aryl methyl sites for hydroxylation is 1. The van der Waals surface area contributed by atoms with Crippen molar-refractivity contribution in [2.45, 2.75) is 45.6 Å². The van der Waals surface area contributed by atoms with Crippen molar-refractivity contribution < 1.29 is 8.42 Å². The van der Waals surface area contributed by atoms with Crippen molar-refractivity contribution in [3.63, 3.8) is 0 Å². The molecule has 0 fully saturated rings. The average Bonchev–Trinajstić information content (AvgIpc) is 2.31. The Morgan fingerprint density at radius 1 is 1.25 bits per heavy atom. The van der Waals surface area contributed by atoms with E-state index in [1.54, 1.807) is 13.0 Å². The number of hydrogen-bond acceptors (Lipinski definition) is 3. The lowest BCUT2D eigenvalue weighted by Crippen LogP contribution is -2.39. The van der Waals surface area contributed by atoms with Gasteiger partial charge in [0, 0.05) is 12.6 Å². The lowest BCUT2D eigenvalue weighted by molar-refractivity contribution is 0.319. The second-order valence-corrected chi connectivity index (χ2v) is 7.97. The summed E-state index contributed by atoms with van der Waals surface area (Å²) in [5.74, 6) is 0.248. The third-order valence-electron chi connectivity index (χ3n) is 2.98. The zero-order valence-electron chi connectivity index (χ0n) is 12.6. The maximum atomic E-state index is 12.8. The summed E-state index contributed by atoms with van der Waals surface area (Å²) >= 11 is 5.99. The summed E-state index contributed by atoms with van der Waals surface area (Å²) in [7, 11) is -3.56. The quantitative estimate of drug-likeness (QED) is 0.847.